The number of nitrogens with two attached hydrogens (primary N) is 1. The maximum Gasteiger partial charge on any atom is 0.226 e. The summed E-state index contributed by atoms with van der Waals surface area (Å²) in [4.78, 5) is 23.0. The molecule has 0 radical (unpaired) electrons. The van der Waals surface area contributed by atoms with Gasteiger partial charge in [0, 0.05) is 24.9 Å². The number of carbonyl (C=O) groups excluding carboxylic acids is 1. The number of amides is 1. The molecule has 0 bridgehead atoms. The highest BCUT2D eigenvalue weighted by Gasteiger charge is 2.23. The van der Waals surface area contributed by atoms with Gasteiger partial charge in [-0.05, 0) is 74.6 Å². The molecule has 4 rings (SSSR count). The van der Waals surface area contributed by atoms with Crippen molar-refractivity contribution in [3.63, 3.8) is 0 Å². The van der Waals surface area contributed by atoms with Crippen LogP contribution in [0.15, 0.2) is 12.1 Å². The summed E-state index contributed by atoms with van der Waals surface area (Å²) in [5, 5.41) is 1.19. The van der Waals surface area contributed by atoms with Gasteiger partial charge >= 0.3 is 0 Å². The standard InChI is InChI=1S/C20H26N4O/c1-13-17-10-15-5-2-6-16(15)11-18(17)23-20(22-13)24-9-3-4-14(12-24)7-8-19(21)25/h10-11,14H,2-9,12H2,1H3,(H2,21,25)/t14-/m1/s1. The first kappa shape index (κ1) is 16.3. The van der Waals surface area contributed by atoms with E-state index in [0.29, 0.717) is 12.3 Å². The van der Waals surface area contributed by atoms with Crippen LogP contribution >= 0.6 is 0 Å². The van der Waals surface area contributed by atoms with Crippen molar-refractivity contribution in [1.29, 1.82) is 0 Å². The molecular formula is C20H26N4O. The van der Waals surface area contributed by atoms with Crippen LogP contribution in [-0.4, -0.2) is 29.0 Å². The number of benzene rings is 1. The first-order chi connectivity index (χ1) is 12.1. The van der Waals surface area contributed by atoms with Crippen LogP contribution in [0.25, 0.3) is 10.9 Å². The number of aryl methyl sites for hydroxylation is 3. The Morgan fingerprint density at radius 1 is 1.24 bits per heavy atom. The van der Waals surface area contributed by atoms with Crippen LogP contribution in [0.3, 0.4) is 0 Å². The summed E-state index contributed by atoms with van der Waals surface area (Å²) in [5.41, 5.74) is 10.4. The van der Waals surface area contributed by atoms with Crippen molar-refractivity contribution in [2.45, 2.75) is 51.9 Å². The fourth-order valence-corrected chi connectivity index (χ4v) is 4.31. The summed E-state index contributed by atoms with van der Waals surface area (Å²) < 4.78 is 0. The van der Waals surface area contributed by atoms with Crippen LogP contribution in [0.2, 0.25) is 0 Å². The smallest absolute Gasteiger partial charge is 0.226 e. The van der Waals surface area contributed by atoms with E-state index in [2.05, 4.69) is 24.0 Å². The van der Waals surface area contributed by atoms with Gasteiger partial charge in [-0.25, -0.2) is 9.97 Å². The van der Waals surface area contributed by atoms with Crippen molar-refractivity contribution < 1.29 is 4.79 Å². The van der Waals surface area contributed by atoms with Gasteiger partial charge in [0.25, 0.3) is 0 Å². The van der Waals surface area contributed by atoms with E-state index in [9.17, 15) is 4.79 Å². The molecule has 1 aliphatic heterocycles. The number of piperidine rings is 1. The van der Waals surface area contributed by atoms with Gasteiger partial charge in [0.05, 0.1) is 11.2 Å². The number of rotatable bonds is 4. The monoisotopic (exact) mass is 338 g/mol. The van der Waals surface area contributed by atoms with E-state index in [-0.39, 0.29) is 5.91 Å². The van der Waals surface area contributed by atoms with Gasteiger partial charge in [0.1, 0.15) is 0 Å². The lowest BCUT2D eigenvalue weighted by atomic mass is 9.93. The van der Waals surface area contributed by atoms with Gasteiger partial charge in [-0.15, -0.1) is 0 Å². The highest BCUT2D eigenvalue weighted by molar-refractivity contribution is 5.84. The lowest BCUT2D eigenvalue weighted by Gasteiger charge is -2.33. The number of hydrogen-bond acceptors (Lipinski definition) is 4. The molecule has 132 valence electrons. The van der Waals surface area contributed by atoms with E-state index < -0.39 is 0 Å². The molecule has 1 atom stereocenters. The molecule has 1 aromatic carbocycles. The number of carbonyl (C=O) groups is 1. The fraction of sp³-hybridized carbons (Fsp3) is 0.550. The second kappa shape index (κ2) is 6.62. The minimum Gasteiger partial charge on any atom is -0.370 e. The van der Waals surface area contributed by atoms with Crippen molar-refractivity contribution in [2.75, 3.05) is 18.0 Å². The molecule has 0 spiro atoms. The lowest BCUT2D eigenvalue weighted by molar-refractivity contribution is -0.118. The number of fused-ring (bicyclic) bond motifs is 2. The first-order valence-electron chi connectivity index (χ1n) is 9.43. The lowest BCUT2D eigenvalue weighted by Crippen LogP contribution is -2.37. The highest BCUT2D eigenvalue weighted by atomic mass is 16.1. The molecule has 2 aromatic rings. The number of anilines is 1. The van der Waals surface area contributed by atoms with Crippen molar-refractivity contribution >= 4 is 22.8 Å². The van der Waals surface area contributed by atoms with Gasteiger partial charge in [-0.2, -0.15) is 0 Å². The second-order valence-electron chi connectivity index (χ2n) is 7.56. The molecule has 0 saturated carbocycles. The molecule has 5 nitrogen and oxygen atoms in total. The molecule has 1 aliphatic carbocycles. The van der Waals surface area contributed by atoms with Gasteiger partial charge in [0.2, 0.25) is 11.9 Å². The summed E-state index contributed by atoms with van der Waals surface area (Å²) in [6, 6.07) is 4.56. The Morgan fingerprint density at radius 3 is 2.84 bits per heavy atom. The third-order valence-corrected chi connectivity index (χ3v) is 5.69. The van der Waals surface area contributed by atoms with Crippen molar-refractivity contribution in [3.8, 4) is 0 Å². The van der Waals surface area contributed by atoms with E-state index in [1.54, 1.807) is 0 Å². The van der Waals surface area contributed by atoms with E-state index in [1.165, 1.54) is 35.8 Å². The van der Waals surface area contributed by atoms with Gasteiger partial charge < -0.3 is 10.6 Å². The number of primary amides is 1. The Bertz CT molecular complexity index is 817. The molecule has 1 saturated heterocycles. The van der Waals surface area contributed by atoms with Gasteiger partial charge in [-0.1, -0.05) is 0 Å². The summed E-state index contributed by atoms with van der Waals surface area (Å²) in [6.45, 7) is 4.00. The predicted octanol–water partition coefficient (Wildman–Crippen LogP) is 2.91. The zero-order valence-corrected chi connectivity index (χ0v) is 14.9. The van der Waals surface area contributed by atoms with E-state index in [4.69, 9.17) is 15.7 Å². The number of aromatic nitrogens is 2. The van der Waals surface area contributed by atoms with Gasteiger partial charge in [-0.3, -0.25) is 4.79 Å². The maximum absolute atomic E-state index is 11.1. The molecule has 2 N–H and O–H groups in total. The third kappa shape index (κ3) is 3.32. The maximum atomic E-state index is 11.1. The molecule has 25 heavy (non-hydrogen) atoms. The Kier molecular flexibility index (Phi) is 4.32. The van der Waals surface area contributed by atoms with Crippen LogP contribution in [0.4, 0.5) is 5.95 Å². The SMILES string of the molecule is Cc1nc(N2CCC[C@H](CCC(N)=O)C2)nc2cc3c(cc12)CCC3. The average Bonchev–Trinajstić information content (AvgIpc) is 3.06. The van der Waals surface area contributed by atoms with Crippen LogP contribution < -0.4 is 10.6 Å². The number of nitrogens with zero attached hydrogens (tertiary/aromatic N) is 3. The second-order valence-corrected chi connectivity index (χ2v) is 7.56. The molecule has 0 unspecified atom stereocenters. The summed E-state index contributed by atoms with van der Waals surface area (Å²) in [5.74, 6) is 1.14. The average molecular weight is 338 g/mol. The minimum absolute atomic E-state index is 0.205. The molecule has 1 aromatic heterocycles. The zero-order chi connectivity index (χ0) is 17.4. The minimum atomic E-state index is -0.205. The predicted molar refractivity (Wildman–Crippen MR) is 99.7 cm³/mol. The third-order valence-electron chi connectivity index (χ3n) is 5.69. The quantitative estimate of drug-likeness (QED) is 0.930. The normalized spacial score (nSPS) is 20.0. The van der Waals surface area contributed by atoms with Gasteiger partial charge in [0.15, 0.2) is 0 Å². The molecule has 2 heterocycles. The van der Waals surface area contributed by atoms with Crippen LogP contribution in [0.1, 0.15) is 48.9 Å². The van der Waals surface area contributed by atoms with Crippen LogP contribution in [0, 0.1) is 12.8 Å². The van der Waals surface area contributed by atoms with E-state index >= 15 is 0 Å². The van der Waals surface area contributed by atoms with Crippen LogP contribution in [-0.2, 0) is 17.6 Å². The fourth-order valence-electron chi connectivity index (χ4n) is 4.31. The van der Waals surface area contributed by atoms with Crippen LogP contribution in [0.5, 0.6) is 0 Å². The molecule has 1 fully saturated rings. The first-order valence-corrected chi connectivity index (χ1v) is 9.43. The highest BCUT2D eigenvalue weighted by Crippen LogP contribution is 2.30. The molecule has 2 aliphatic rings. The summed E-state index contributed by atoms with van der Waals surface area (Å²) in [7, 11) is 0. The van der Waals surface area contributed by atoms with E-state index in [0.717, 1.165) is 49.5 Å². The Morgan fingerprint density at radius 2 is 2.04 bits per heavy atom. The Hall–Kier alpha value is -2.17. The molecular weight excluding hydrogens is 312 g/mol. The van der Waals surface area contributed by atoms with Crippen molar-refractivity contribution in [1.82, 2.24) is 9.97 Å². The zero-order valence-electron chi connectivity index (χ0n) is 14.9. The largest absolute Gasteiger partial charge is 0.370 e. The van der Waals surface area contributed by atoms with Crippen molar-refractivity contribution in [2.24, 2.45) is 11.7 Å². The van der Waals surface area contributed by atoms with E-state index in [1.807, 2.05) is 0 Å². The summed E-state index contributed by atoms with van der Waals surface area (Å²) in [6.07, 6.45) is 7.22. The topological polar surface area (TPSA) is 72.1 Å². The Labute approximate surface area is 148 Å². The Balaban J connectivity index is 1.60. The molecule has 1 amide bonds. The number of hydrogen-bond donors (Lipinski definition) is 1. The molecule has 5 heteroatoms. The van der Waals surface area contributed by atoms with Crippen molar-refractivity contribution in [3.05, 3.63) is 29.0 Å². The summed E-state index contributed by atoms with van der Waals surface area (Å²) >= 11 is 0.